The molecule has 0 spiro atoms. The zero-order chi connectivity index (χ0) is 9.26. The van der Waals surface area contributed by atoms with Gasteiger partial charge in [0.2, 0.25) is 0 Å². The summed E-state index contributed by atoms with van der Waals surface area (Å²) in [5.41, 5.74) is 1.52. The molecular formula is C11H13NS. The molecule has 0 saturated heterocycles. The highest BCUT2D eigenvalue weighted by Crippen LogP contribution is 2.30. The molecule has 0 aliphatic carbocycles. The fraction of sp³-hybridized carbons (Fsp3) is 0.364. The highest BCUT2D eigenvalue weighted by Gasteiger charge is 2.06. The summed E-state index contributed by atoms with van der Waals surface area (Å²) >= 11 is 1.86. The Balaban J connectivity index is 2.64. The van der Waals surface area contributed by atoms with Gasteiger partial charge in [-0.25, -0.2) is 0 Å². The molecule has 2 aromatic heterocycles. The Kier molecular flexibility index (Phi) is 2.32. The van der Waals surface area contributed by atoms with E-state index in [1.165, 1.54) is 33.4 Å². The number of pyridine rings is 1. The minimum absolute atomic E-state index is 1.19. The van der Waals surface area contributed by atoms with E-state index in [0.717, 1.165) is 0 Å². The molecular weight excluding hydrogens is 178 g/mol. The van der Waals surface area contributed by atoms with Crippen molar-refractivity contribution in [3.8, 4) is 0 Å². The predicted molar refractivity (Wildman–Crippen MR) is 58.4 cm³/mol. The second-order valence-corrected chi connectivity index (χ2v) is 4.51. The van der Waals surface area contributed by atoms with Crippen molar-refractivity contribution in [2.75, 3.05) is 0 Å². The molecule has 68 valence electrons. The SMILES string of the molecule is CCCc1c(C)sc2cnccc12. The highest BCUT2D eigenvalue weighted by molar-refractivity contribution is 7.19. The Labute approximate surface area is 82.4 Å². The van der Waals surface area contributed by atoms with Crippen LogP contribution in [0.1, 0.15) is 23.8 Å². The third-order valence-electron chi connectivity index (χ3n) is 2.30. The average Bonchev–Trinajstić information content (AvgIpc) is 2.44. The van der Waals surface area contributed by atoms with Crippen molar-refractivity contribution in [2.45, 2.75) is 26.7 Å². The Morgan fingerprint density at radius 1 is 1.46 bits per heavy atom. The van der Waals surface area contributed by atoms with Crippen molar-refractivity contribution in [1.82, 2.24) is 4.98 Å². The number of hydrogen-bond donors (Lipinski definition) is 0. The molecule has 0 saturated carbocycles. The molecule has 0 aliphatic rings. The van der Waals surface area contributed by atoms with Gasteiger partial charge < -0.3 is 0 Å². The number of fused-ring (bicyclic) bond motifs is 1. The number of nitrogens with zero attached hydrogens (tertiary/aromatic N) is 1. The smallest absolute Gasteiger partial charge is 0.0531 e. The molecule has 0 amide bonds. The number of rotatable bonds is 2. The third kappa shape index (κ3) is 1.46. The van der Waals surface area contributed by atoms with E-state index < -0.39 is 0 Å². The summed E-state index contributed by atoms with van der Waals surface area (Å²) in [5.74, 6) is 0. The number of hydrogen-bond acceptors (Lipinski definition) is 2. The van der Waals surface area contributed by atoms with Crippen LogP contribution in [0.2, 0.25) is 0 Å². The first-order valence-electron chi connectivity index (χ1n) is 4.65. The predicted octanol–water partition coefficient (Wildman–Crippen LogP) is 3.56. The Hall–Kier alpha value is -0.890. The molecule has 0 bridgehead atoms. The first kappa shape index (κ1) is 8.70. The third-order valence-corrected chi connectivity index (χ3v) is 3.40. The number of aromatic nitrogens is 1. The van der Waals surface area contributed by atoms with Crippen molar-refractivity contribution in [2.24, 2.45) is 0 Å². The van der Waals surface area contributed by atoms with Crippen LogP contribution >= 0.6 is 11.3 Å². The largest absolute Gasteiger partial charge is 0.263 e. The van der Waals surface area contributed by atoms with Gasteiger partial charge in [-0.1, -0.05) is 13.3 Å². The van der Waals surface area contributed by atoms with E-state index in [-0.39, 0.29) is 0 Å². The van der Waals surface area contributed by atoms with E-state index in [9.17, 15) is 0 Å². The van der Waals surface area contributed by atoms with Gasteiger partial charge in [-0.15, -0.1) is 11.3 Å². The van der Waals surface area contributed by atoms with Gasteiger partial charge in [0.1, 0.15) is 0 Å². The maximum Gasteiger partial charge on any atom is 0.0531 e. The zero-order valence-electron chi connectivity index (χ0n) is 8.00. The first-order valence-corrected chi connectivity index (χ1v) is 5.46. The van der Waals surface area contributed by atoms with Crippen molar-refractivity contribution in [3.05, 3.63) is 28.9 Å². The maximum absolute atomic E-state index is 4.14. The summed E-state index contributed by atoms with van der Waals surface area (Å²) in [4.78, 5) is 5.59. The normalized spacial score (nSPS) is 10.9. The van der Waals surface area contributed by atoms with Gasteiger partial charge in [0, 0.05) is 17.3 Å². The van der Waals surface area contributed by atoms with Gasteiger partial charge in [0.15, 0.2) is 0 Å². The number of thiophene rings is 1. The Bertz CT molecular complexity index is 417. The van der Waals surface area contributed by atoms with Crippen LogP contribution in [-0.4, -0.2) is 4.98 Å². The van der Waals surface area contributed by atoms with Crippen molar-refractivity contribution in [3.63, 3.8) is 0 Å². The minimum Gasteiger partial charge on any atom is -0.263 e. The van der Waals surface area contributed by atoms with Crippen LogP contribution < -0.4 is 0 Å². The molecule has 0 radical (unpaired) electrons. The molecule has 2 heterocycles. The molecule has 0 aliphatic heterocycles. The quantitative estimate of drug-likeness (QED) is 0.707. The summed E-state index contributed by atoms with van der Waals surface area (Å²) in [6.45, 7) is 4.43. The molecule has 2 rings (SSSR count). The maximum atomic E-state index is 4.14. The van der Waals surface area contributed by atoms with E-state index in [0.29, 0.717) is 0 Å². The van der Waals surface area contributed by atoms with Crippen molar-refractivity contribution in [1.29, 1.82) is 0 Å². The summed E-state index contributed by atoms with van der Waals surface area (Å²) < 4.78 is 1.32. The molecule has 2 aromatic rings. The van der Waals surface area contributed by atoms with Gasteiger partial charge in [-0.3, -0.25) is 4.98 Å². The van der Waals surface area contributed by atoms with Gasteiger partial charge in [-0.05, 0) is 30.4 Å². The molecule has 0 fully saturated rings. The van der Waals surface area contributed by atoms with Crippen LogP contribution in [0, 0.1) is 6.92 Å². The molecule has 1 nitrogen and oxygen atoms in total. The highest BCUT2D eigenvalue weighted by atomic mass is 32.1. The lowest BCUT2D eigenvalue weighted by Crippen LogP contribution is -1.82. The summed E-state index contributed by atoms with van der Waals surface area (Å²) in [6.07, 6.45) is 6.25. The van der Waals surface area contributed by atoms with Gasteiger partial charge in [0.05, 0.1) is 4.70 Å². The van der Waals surface area contributed by atoms with Crippen LogP contribution in [0.5, 0.6) is 0 Å². The molecule has 2 heteroatoms. The van der Waals surface area contributed by atoms with Crippen LogP contribution in [-0.2, 0) is 6.42 Å². The van der Waals surface area contributed by atoms with Crippen LogP contribution in [0.4, 0.5) is 0 Å². The van der Waals surface area contributed by atoms with Crippen LogP contribution in [0.3, 0.4) is 0 Å². The van der Waals surface area contributed by atoms with E-state index >= 15 is 0 Å². The lowest BCUT2D eigenvalue weighted by Gasteiger charge is -1.96. The molecule has 0 aromatic carbocycles. The van der Waals surface area contributed by atoms with E-state index in [1.54, 1.807) is 0 Å². The monoisotopic (exact) mass is 191 g/mol. The zero-order valence-corrected chi connectivity index (χ0v) is 8.82. The lowest BCUT2D eigenvalue weighted by atomic mass is 10.1. The Morgan fingerprint density at radius 2 is 2.31 bits per heavy atom. The van der Waals surface area contributed by atoms with E-state index in [4.69, 9.17) is 0 Å². The van der Waals surface area contributed by atoms with Gasteiger partial charge in [-0.2, -0.15) is 0 Å². The topological polar surface area (TPSA) is 12.9 Å². The molecule has 0 N–H and O–H groups in total. The van der Waals surface area contributed by atoms with Gasteiger partial charge in [0.25, 0.3) is 0 Å². The molecule has 0 atom stereocenters. The van der Waals surface area contributed by atoms with Crippen LogP contribution in [0.15, 0.2) is 18.5 Å². The molecule has 13 heavy (non-hydrogen) atoms. The standard InChI is InChI=1S/C11H13NS/c1-3-4-9-8(2)13-11-7-12-6-5-10(9)11/h5-7H,3-4H2,1-2H3. The van der Waals surface area contributed by atoms with Crippen molar-refractivity contribution >= 4 is 21.4 Å². The first-order chi connectivity index (χ1) is 6.33. The second kappa shape index (κ2) is 3.46. The van der Waals surface area contributed by atoms with Crippen LogP contribution in [0.25, 0.3) is 10.1 Å². The minimum atomic E-state index is 1.19. The number of aryl methyl sites for hydroxylation is 2. The summed E-state index contributed by atoms with van der Waals surface area (Å²) in [7, 11) is 0. The fourth-order valence-corrected chi connectivity index (χ4v) is 2.77. The summed E-state index contributed by atoms with van der Waals surface area (Å²) in [5, 5.41) is 1.40. The Morgan fingerprint density at radius 3 is 3.08 bits per heavy atom. The second-order valence-electron chi connectivity index (χ2n) is 3.26. The molecule has 0 unspecified atom stereocenters. The average molecular weight is 191 g/mol. The lowest BCUT2D eigenvalue weighted by molar-refractivity contribution is 0.926. The fourth-order valence-electron chi connectivity index (χ4n) is 1.69. The van der Waals surface area contributed by atoms with Crippen molar-refractivity contribution < 1.29 is 0 Å². The summed E-state index contributed by atoms with van der Waals surface area (Å²) in [6, 6.07) is 2.13. The van der Waals surface area contributed by atoms with Gasteiger partial charge >= 0.3 is 0 Å². The van der Waals surface area contributed by atoms with E-state index in [1.807, 2.05) is 23.7 Å². The van der Waals surface area contributed by atoms with E-state index in [2.05, 4.69) is 24.9 Å².